The highest BCUT2D eigenvalue weighted by Gasteiger charge is 2.56. The van der Waals surface area contributed by atoms with E-state index in [0.717, 1.165) is 5.56 Å². The minimum atomic E-state index is -0.767. The van der Waals surface area contributed by atoms with Crippen LogP contribution in [0.4, 0.5) is 10.7 Å². The Kier molecular flexibility index (Phi) is 5.75. The zero-order chi connectivity index (χ0) is 23.8. The number of aliphatic hydroxyl groups excluding tert-OH is 1. The van der Waals surface area contributed by atoms with Crippen molar-refractivity contribution in [2.45, 2.75) is 37.4 Å². The first-order valence-corrected chi connectivity index (χ1v) is 10.9. The van der Waals surface area contributed by atoms with Gasteiger partial charge in [0.05, 0.1) is 18.8 Å². The second-order valence-corrected chi connectivity index (χ2v) is 8.45. The standard InChI is InChI=1S/C22H25N7O5/c1-27(2)11-24-21-25-18-15(19(31)26-21)23-12-29(18)20-17-16(14(33-20)8-9-30)28(22(32)34-17)10-13-6-4-3-5-7-13/h3-7,11-12,14,16-17,20,30H,8-10H2,1-2H3,(H,25,26,31)/t14-,16-,17-,20-/m1/s1. The normalized spacial score (nSPS) is 24.2. The van der Waals surface area contributed by atoms with Crippen LogP contribution >= 0.6 is 0 Å². The Morgan fingerprint density at radius 2 is 2.06 bits per heavy atom. The predicted molar refractivity (Wildman–Crippen MR) is 122 cm³/mol. The van der Waals surface area contributed by atoms with Crippen LogP contribution in [0.25, 0.3) is 11.2 Å². The summed E-state index contributed by atoms with van der Waals surface area (Å²) in [4.78, 5) is 44.1. The van der Waals surface area contributed by atoms with Crippen molar-refractivity contribution in [1.29, 1.82) is 0 Å². The second kappa shape index (κ2) is 8.88. The first-order valence-electron chi connectivity index (χ1n) is 10.9. The fraction of sp³-hybridized carbons (Fsp3) is 0.409. The summed E-state index contributed by atoms with van der Waals surface area (Å²) in [6.45, 7) is 0.241. The van der Waals surface area contributed by atoms with Gasteiger partial charge < -0.3 is 19.5 Å². The molecule has 1 amide bonds. The number of hydrogen-bond donors (Lipinski definition) is 2. The number of aliphatic imine (C=N–C) groups is 1. The Morgan fingerprint density at radius 3 is 2.79 bits per heavy atom. The maximum Gasteiger partial charge on any atom is 0.411 e. The van der Waals surface area contributed by atoms with Crippen molar-refractivity contribution in [1.82, 2.24) is 29.3 Å². The maximum atomic E-state index is 12.8. The topological polar surface area (TPSA) is 138 Å². The monoisotopic (exact) mass is 467 g/mol. The number of hydrogen-bond acceptors (Lipinski definition) is 8. The van der Waals surface area contributed by atoms with Crippen molar-refractivity contribution in [3.05, 3.63) is 52.6 Å². The summed E-state index contributed by atoms with van der Waals surface area (Å²) in [5.41, 5.74) is 0.904. The molecule has 4 atom stereocenters. The Balaban J connectivity index is 1.51. The zero-order valence-corrected chi connectivity index (χ0v) is 18.7. The largest absolute Gasteiger partial charge is 0.439 e. The molecule has 2 aliphatic heterocycles. The number of aromatic amines is 1. The molecule has 12 nitrogen and oxygen atoms in total. The molecule has 0 unspecified atom stereocenters. The minimum absolute atomic E-state index is 0.111. The molecule has 0 saturated carbocycles. The average Bonchev–Trinajstić information content (AvgIpc) is 3.47. The number of H-pyrrole nitrogens is 1. The van der Waals surface area contributed by atoms with E-state index in [1.165, 1.54) is 12.7 Å². The molecule has 178 valence electrons. The zero-order valence-electron chi connectivity index (χ0n) is 18.7. The van der Waals surface area contributed by atoms with Gasteiger partial charge in [-0.15, -0.1) is 0 Å². The van der Waals surface area contributed by atoms with E-state index in [1.54, 1.807) is 28.5 Å². The molecule has 2 N–H and O–H groups in total. The summed E-state index contributed by atoms with van der Waals surface area (Å²) >= 11 is 0. The number of amides is 1. The molecule has 0 bridgehead atoms. The van der Waals surface area contributed by atoms with Gasteiger partial charge in [-0.2, -0.15) is 4.98 Å². The molecule has 0 radical (unpaired) electrons. The molecule has 2 saturated heterocycles. The summed E-state index contributed by atoms with van der Waals surface area (Å²) in [5, 5.41) is 9.63. The number of benzene rings is 1. The molecule has 0 aliphatic carbocycles. The smallest absolute Gasteiger partial charge is 0.411 e. The third kappa shape index (κ3) is 3.90. The third-order valence-corrected chi connectivity index (χ3v) is 5.86. The van der Waals surface area contributed by atoms with Gasteiger partial charge in [-0.1, -0.05) is 30.3 Å². The minimum Gasteiger partial charge on any atom is -0.439 e. The third-order valence-electron chi connectivity index (χ3n) is 5.86. The number of rotatable bonds is 7. The quantitative estimate of drug-likeness (QED) is 0.388. The van der Waals surface area contributed by atoms with Crippen LogP contribution < -0.4 is 5.56 Å². The van der Waals surface area contributed by atoms with Gasteiger partial charge in [0, 0.05) is 27.2 Å². The fourth-order valence-corrected chi connectivity index (χ4v) is 4.40. The predicted octanol–water partition coefficient (Wildman–Crippen LogP) is 1.01. The molecule has 5 rings (SSSR count). The number of carbonyl (C=O) groups excluding carboxylic acids is 1. The number of aromatic nitrogens is 4. The SMILES string of the molecule is CN(C)C=Nc1nc2c(ncn2[C@@H]2O[C@H](CCO)[C@@H]3[C@H]2OC(=O)N3Cc2ccccc2)c(=O)[nH]1. The van der Waals surface area contributed by atoms with E-state index in [0.29, 0.717) is 13.0 Å². The summed E-state index contributed by atoms with van der Waals surface area (Å²) in [6.07, 6.45) is 0.921. The van der Waals surface area contributed by atoms with Crippen molar-refractivity contribution >= 4 is 29.5 Å². The number of ether oxygens (including phenoxy) is 2. The van der Waals surface area contributed by atoms with Gasteiger partial charge in [-0.3, -0.25) is 19.2 Å². The Labute approximate surface area is 194 Å². The summed E-state index contributed by atoms with van der Waals surface area (Å²) < 4.78 is 13.6. The Bertz CT molecular complexity index is 1270. The molecular formula is C22H25N7O5. The molecule has 2 fully saturated rings. The van der Waals surface area contributed by atoms with Crippen molar-refractivity contribution in [2.24, 2.45) is 4.99 Å². The Hall–Kier alpha value is -3.77. The summed E-state index contributed by atoms with van der Waals surface area (Å²) in [7, 11) is 3.60. The van der Waals surface area contributed by atoms with E-state index in [2.05, 4.69) is 19.9 Å². The molecule has 4 heterocycles. The van der Waals surface area contributed by atoms with Gasteiger partial charge in [0.1, 0.15) is 6.04 Å². The highest BCUT2D eigenvalue weighted by molar-refractivity contribution is 5.73. The van der Waals surface area contributed by atoms with E-state index >= 15 is 0 Å². The number of carbonyl (C=O) groups is 1. The molecule has 1 aromatic carbocycles. The first-order chi connectivity index (χ1) is 16.5. The number of aliphatic hydroxyl groups is 1. The van der Waals surface area contributed by atoms with Gasteiger partial charge in [0.25, 0.3) is 5.56 Å². The van der Waals surface area contributed by atoms with Crippen molar-refractivity contribution in [3.63, 3.8) is 0 Å². The second-order valence-electron chi connectivity index (χ2n) is 8.45. The van der Waals surface area contributed by atoms with Crippen molar-refractivity contribution < 1.29 is 19.4 Å². The van der Waals surface area contributed by atoms with E-state index in [4.69, 9.17) is 9.47 Å². The molecule has 3 aromatic rings. The van der Waals surface area contributed by atoms with Crippen LogP contribution in [0.2, 0.25) is 0 Å². The van der Waals surface area contributed by atoms with Gasteiger partial charge in [-0.25, -0.2) is 14.8 Å². The van der Waals surface area contributed by atoms with E-state index < -0.39 is 36.1 Å². The van der Waals surface area contributed by atoms with Gasteiger partial charge in [0.2, 0.25) is 5.95 Å². The lowest BCUT2D eigenvalue weighted by molar-refractivity contribution is -0.0515. The van der Waals surface area contributed by atoms with Crippen LogP contribution in [0.1, 0.15) is 18.2 Å². The first kappa shape index (κ1) is 22.0. The van der Waals surface area contributed by atoms with Crippen LogP contribution in [0.15, 0.2) is 46.4 Å². The number of fused-ring (bicyclic) bond motifs is 2. The van der Waals surface area contributed by atoms with Gasteiger partial charge in [0.15, 0.2) is 23.5 Å². The lowest BCUT2D eigenvalue weighted by Gasteiger charge is -2.24. The lowest BCUT2D eigenvalue weighted by Crippen LogP contribution is -2.41. The molecule has 2 aromatic heterocycles. The molecule has 0 spiro atoms. The van der Waals surface area contributed by atoms with Gasteiger partial charge >= 0.3 is 6.09 Å². The molecule has 34 heavy (non-hydrogen) atoms. The Morgan fingerprint density at radius 1 is 1.26 bits per heavy atom. The number of nitrogens with one attached hydrogen (secondary N) is 1. The van der Waals surface area contributed by atoms with Crippen LogP contribution in [-0.2, 0) is 16.0 Å². The summed E-state index contributed by atoms with van der Waals surface area (Å²) in [5.74, 6) is 0.114. The van der Waals surface area contributed by atoms with Crippen molar-refractivity contribution in [3.8, 4) is 0 Å². The highest BCUT2D eigenvalue weighted by atomic mass is 16.6. The number of imidazole rings is 1. The lowest BCUT2D eigenvalue weighted by atomic mass is 10.0. The van der Waals surface area contributed by atoms with E-state index in [-0.39, 0.29) is 23.7 Å². The van der Waals surface area contributed by atoms with Crippen LogP contribution in [0.3, 0.4) is 0 Å². The van der Waals surface area contributed by atoms with Crippen molar-refractivity contribution in [2.75, 3.05) is 20.7 Å². The molecule has 12 heteroatoms. The van der Waals surface area contributed by atoms with Crippen LogP contribution in [0, 0.1) is 0 Å². The molecule has 2 aliphatic rings. The molecular weight excluding hydrogens is 442 g/mol. The number of nitrogens with zero attached hydrogens (tertiary/aromatic N) is 6. The summed E-state index contributed by atoms with van der Waals surface area (Å²) in [6, 6.07) is 9.17. The fourth-order valence-electron chi connectivity index (χ4n) is 4.40. The van der Waals surface area contributed by atoms with Crippen LogP contribution in [0.5, 0.6) is 0 Å². The highest BCUT2D eigenvalue weighted by Crippen LogP contribution is 2.42. The average molecular weight is 467 g/mol. The van der Waals surface area contributed by atoms with E-state index in [9.17, 15) is 14.7 Å². The van der Waals surface area contributed by atoms with E-state index in [1.807, 2.05) is 30.3 Å². The van der Waals surface area contributed by atoms with Crippen LogP contribution in [-0.4, -0.2) is 85.8 Å². The van der Waals surface area contributed by atoms with Gasteiger partial charge in [-0.05, 0) is 12.0 Å². The maximum absolute atomic E-state index is 12.8.